The molecule has 1 amide bonds. The summed E-state index contributed by atoms with van der Waals surface area (Å²) in [6, 6.07) is 14.9. The third-order valence-electron chi connectivity index (χ3n) is 5.14. The quantitative estimate of drug-likeness (QED) is 0.552. The fraction of sp³-hybridized carbons (Fsp3) is 0.227. The SMILES string of the molecule is Nc1sc(-c2ccc(Cl)cc2)c(-c2ccc(Cl)cc2)c1C(=O)N1CCC(O)CC1. The second-order valence-electron chi connectivity index (χ2n) is 7.08. The number of hydrogen-bond donors (Lipinski definition) is 2. The van der Waals surface area contributed by atoms with E-state index in [2.05, 4.69) is 0 Å². The van der Waals surface area contributed by atoms with E-state index in [-0.39, 0.29) is 12.0 Å². The first kappa shape index (κ1) is 20.2. The van der Waals surface area contributed by atoms with Gasteiger partial charge in [-0.1, -0.05) is 47.5 Å². The Morgan fingerprint density at radius 1 is 0.966 bits per heavy atom. The van der Waals surface area contributed by atoms with Gasteiger partial charge >= 0.3 is 0 Å². The van der Waals surface area contributed by atoms with Gasteiger partial charge in [0.05, 0.1) is 16.7 Å². The number of amides is 1. The number of likely N-dealkylation sites (tertiary alicyclic amines) is 1. The summed E-state index contributed by atoms with van der Waals surface area (Å²) in [7, 11) is 0. The van der Waals surface area contributed by atoms with E-state index in [1.54, 1.807) is 4.90 Å². The molecule has 2 heterocycles. The van der Waals surface area contributed by atoms with Gasteiger partial charge in [-0.15, -0.1) is 11.3 Å². The molecule has 1 aromatic heterocycles. The number of carbonyl (C=O) groups is 1. The summed E-state index contributed by atoms with van der Waals surface area (Å²) in [6.45, 7) is 1.04. The number of benzene rings is 2. The zero-order valence-corrected chi connectivity index (χ0v) is 17.9. The monoisotopic (exact) mass is 446 g/mol. The van der Waals surface area contributed by atoms with E-state index < -0.39 is 0 Å². The highest BCUT2D eigenvalue weighted by Crippen LogP contribution is 2.45. The van der Waals surface area contributed by atoms with Crippen LogP contribution in [0.3, 0.4) is 0 Å². The summed E-state index contributed by atoms with van der Waals surface area (Å²) < 4.78 is 0. The molecule has 3 N–H and O–H groups in total. The zero-order chi connectivity index (χ0) is 20.5. The lowest BCUT2D eigenvalue weighted by Crippen LogP contribution is -2.40. The van der Waals surface area contributed by atoms with Gasteiger partial charge in [0, 0.05) is 33.6 Å². The van der Waals surface area contributed by atoms with Crippen molar-refractivity contribution in [3.8, 4) is 21.6 Å². The lowest BCUT2D eigenvalue weighted by atomic mass is 9.96. The molecule has 0 atom stereocenters. The molecule has 0 saturated carbocycles. The van der Waals surface area contributed by atoms with Crippen LogP contribution in [-0.4, -0.2) is 35.1 Å². The number of carbonyl (C=O) groups excluding carboxylic acids is 1. The molecular formula is C22H20Cl2N2O2S. The van der Waals surface area contributed by atoms with E-state index >= 15 is 0 Å². The van der Waals surface area contributed by atoms with E-state index in [9.17, 15) is 9.90 Å². The Kier molecular flexibility index (Phi) is 5.83. The summed E-state index contributed by atoms with van der Waals surface area (Å²) in [5.74, 6) is -0.101. The predicted molar refractivity (Wildman–Crippen MR) is 121 cm³/mol. The van der Waals surface area contributed by atoms with Crippen molar-refractivity contribution in [1.82, 2.24) is 4.90 Å². The minimum atomic E-state index is -0.348. The van der Waals surface area contributed by atoms with Gasteiger partial charge in [-0.3, -0.25) is 4.79 Å². The topological polar surface area (TPSA) is 66.6 Å². The third kappa shape index (κ3) is 4.14. The molecule has 1 aliphatic heterocycles. The van der Waals surface area contributed by atoms with Crippen LogP contribution in [0.4, 0.5) is 5.00 Å². The van der Waals surface area contributed by atoms with Crippen LogP contribution in [0.5, 0.6) is 0 Å². The zero-order valence-electron chi connectivity index (χ0n) is 15.6. The molecule has 150 valence electrons. The molecule has 29 heavy (non-hydrogen) atoms. The number of piperidine rings is 1. The Hall–Kier alpha value is -2.05. The number of aliphatic hydroxyl groups is 1. The van der Waals surface area contributed by atoms with Crippen LogP contribution in [0, 0.1) is 0 Å². The highest BCUT2D eigenvalue weighted by Gasteiger charge is 2.29. The van der Waals surface area contributed by atoms with Crippen LogP contribution >= 0.6 is 34.5 Å². The van der Waals surface area contributed by atoms with E-state index in [0.717, 1.165) is 21.6 Å². The maximum atomic E-state index is 13.4. The molecular weight excluding hydrogens is 427 g/mol. The minimum Gasteiger partial charge on any atom is -0.393 e. The first-order chi connectivity index (χ1) is 13.9. The van der Waals surface area contributed by atoms with Gasteiger partial charge in [0.15, 0.2) is 0 Å². The Morgan fingerprint density at radius 2 is 1.48 bits per heavy atom. The molecule has 0 radical (unpaired) electrons. The molecule has 2 aromatic carbocycles. The second kappa shape index (κ2) is 8.36. The van der Waals surface area contributed by atoms with Crippen molar-refractivity contribution in [2.24, 2.45) is 0 Å². The summed E-state index contributed by atoms with van der Waals surface area (Å²) in [5.41, 5.74) is 9.53. The lowest BCUT2D eigenvalue weighted by molar-refractivity contribution is 0.0548. The number of hydrogen-bond acceptors (Lipinski definition) is 4. The standard InChI is InChI=1S/C22H20Cl2N2O2S/c23-15-5-1-13(2-6-15)18-19(22(28)26-11-9-17(27)10-12-26)21(25)29-20(18)14-3-7-16(24)8-4-14/h1-8,17,27H,9-12,25H2. The van der Waals surface area contributed by atoms with Gasteiger partial charge in [0.2, 0.25) is 0 Å². The van der Waals surface area contributed by atoms with Crippen LogP contribution in [0.25, 0.3) is 21.6 Å². The Morgan fingerprint density at radius 3 is 2.03 bits per heavy atom. The molecule has 1 saturated heterocycles. The van der Waals surface area contributed by atoms with E-state index in [0.29, 0.717) is 46.5 Å². The van der Waals surface area contributed by atoms with E-state index in [1.807, 2.05) is 48.5 Å². The molecule has 1 aliphatic rings. The number of halogens is 2. The average molecular weight is 447 g/mol. The summed E-state index contributed by atoms with van der Waals surface area (Å²) in [5, 5.41) is 11.5. The van der Waals surface area contributed by atoms with Gasteiger partial charge in [0.1, 0.15) is 0 Å². The van der Waals surface area contributed by atoms with E-state index in [4.69, 9.17) is 28.9 Å². The van der Waals surface area contributed by atoms with Gasteiger partial charge in [-0.2, -0.15) is 0 Å². The molecule has 4 rings (SSSR count). The van der Waals surface area contributed by atoms with Crippen LogP contribution in [-0.2, 0) is 0 Å². The maximum absolute atomic E-state index is 13.4. The normalized spacial score (nSPS) is 14.9. The lowest BCUT2D eigenvalue weighted by Gasteiger charge is -2.30. The van der Waals surface area contributed by atoms with Crippen molar-refractivity contribution in [1.29, 1.82) is 0 Å². The number of nitrogens with two attached hydrogens (primary N) is 1. The maximum Gasteiger partial charge on any atom is 0.257 e. The van der Waals surface area contributed by atoms with Gasteiger partial charge < -0.3 is 15.7 Å². The third-order valence-corrected chi connectivity index (χ3v) is 6.71. The number of anilines is 1. The predicted octanol–water partition coefficient (Wildman–Crippen LogP) is 5.57. The highest BCUT2D eigenvalue weighted by molar-refractivity contribution is 7.20. The van der Waals surface area contributed by atoms with Gasteiger partial charge in [-0.25, -0.2) is 0 Å². The number of thiophene rings is 1. The van der Waals surface area contributed by atoms with Crippen molar-refractivity contribution < 1.29 is 9.90 Å². The number of nitrogen functional groups attached to an aromatic ring is 1. The fourth-order valence-corrected chi connectivity index (χ4v) is 4.92. The smallest absolute Gasteiger partial charge is 0.257 e. The minimum absolute atomic E-state index is 0.101. The summed E-state index contributed by atoms with van der Waals surface area (Å²) >= 11 is 13.5. The van der Waals surface area contributed by atoms with Crippen LogP contribution in [0.1, 0.15) is 23.2 Å². The Balaban J connectivity index is 1.85. The van der Waals surface area contributed by atoms with Crippen molar-refractivity contribution in [2.45, 2.75) is 18.9 Å². The summed E-state index contributed by atoms with van der Waals surface area (Å²) in [6.07, 6.45) is 0.811. The van der Waals surface area contributed by atoms with Crippen LogP contribution < -0.4 is 5.73 Å². The molecule has 0 aliphatic carbocycles. The highest BCUT2D eigenvalue weighted by atomic mass is 35.5. The fourth-order valence-electron chi connectivity index (χ4n) is 3.58. The molecule has 7 heteroatoms. The largest absolute Gasteiger partial charge is 0.393 e. The van der Waals surface area contributed by atoms with Crippen molar-refractivity contribution in [3.05, 3.63) is 64.1 Å². The molecule has 4 nitrogen and oxygen atoms in total. The molecule has 3 aromatic rings. The van der Waals surface area contributed by atoms with Crippen LogP contribution in [0.15, 0.2) is 48.5 Å². The van der Waals surface area contributed by atoms with E-state index in [1.165, 1.54) is 11.3 Å². The second-order valence-corrected chi connectivity index (χ2v) is 9.01. The number of rotatable bonds is 3. The first-order valence-electron chi connectivity index (χ1n) is 9.35. The van der Waals surface area contributed by atoms with Crippen molar-refractivity contribution in [2.75, 3.05) is 18.8 Å². The average Bonchev–Trinajstić information content (AvgIpc) is 3.06. The molecule has 1 fully saturated rings. The summed E-state index contributed by atoms with van der Waals surface area (Å²) in [4.78, 5) is 16.1. The Labute approximate surface area is 183 Å². The van der Waals surface area contributed by atoms with Gasteiger partial charge in [0.25, 0.3) is 5.91 Å². The van der Waals surface area contributed by atoms with Crippen molar-refractivity contribution in [3.63, 3.8) is 0 Å². The molecule has 0 unspecified atom stereocenters. The van der Waals surface area contributed by atoms with Gasteiger partial charge in [-0.05, 0) is 48.2 Å². The Bertz CT molecular complexity index is 1020. The molecule has 0 spiro atoms. The number of nitrogens with zero attached hydrogens (tertiary/aromatic N) is 1. The number of aliphatic hydroxyl groups excluding tert-OH is 1. The first-order valence-corrected chi connectivity index (χ1v) is 10.9. The van der Waals surface area contributed by atoms with Crippen molar-refractivity contribution >= 4 is 45.4 Å². The van der Waals surface area contributed by atoms with Crippen LogP contribution in [0.2, 0.25) is 10.0 Å². The molecule has 0 bridgehead atoms.